The van der Waals surface area contributed by atoms with E-state index in [-0.39, 0.29) is 5.56 Å². The molecular weight excluding hydrogens is 341 g/mol. The lowest BCUT2D eigenvalue weighted by Crippen LogP contribution is -2.43. The second-order valence-electron chi connectivity index (χ2n) is 5.41. The number of nitrogens with zero attached hydrogens (tertiary/aromatic N) is 2. The van der Waals surface area contributed by atoms with E-state index in [9.17, 15) is 4.79 Å². The van der Waals surface area contributed by atoms with Crippen molar-refractivity contribution in [3.63, 3.8) is 0 Å². The van der Waals surface area contributed by atoms with Crippen LogP contribution in [0.1, 0.15) is 32.1 Å². The van der Waals surface area contributed by atoms with Gasteiger partial charge in [0.15, 0.2) is 0 Å². The molecule has 18 heavy (non-hydrogen) atoms. The van der Waals surface area contributed by atoms with Crippen molar-refractivity contribution in [3.05, 3.63) is 20.3 Å². The monoisotopic (exact) mass is 359 g/mol. The minimum atomic E-state index is -0.0219. The van der Waals surface area contributed by atoms with Gasteiger partial charge in [0.1, 0.15) is 9.39 Å². The molecule has 1 saturated heterocycles. The number of piperidine rings is 1. The molecule has 1 saturated carbocycles. The Hall–Kier alpha value is -0.590. The van der Waals surface area contributed by atoms with Crippen molar-refractivity contribution in [2.75, 3.05) is 18.0 Å². The summed E-state index contributed by atoms with van der Waals surface area (Å²) < 4.78 is 0.726. The first-order valence-corrected chi connectivity index (χ1v) is 7.81. The molecule has 1 aliphatic carbocycles. The summed E-state index contributed by atoms with van der Waals surface area (Å²) in [6.45, 7) is 2.13. The number of H-pyrrole nitrogens is 1. The number of nitrogens with one attached hydrogen (secondary N) is 1. The Bertz CT molecular complexity index is 487. The smallest absolute Gasteiger partial charge is 0.266 e. The SMILES string of the molecule is O=c1[nH]cnc(N2CCC3CCCCC3C2)c1I. The Morgan fingerprint density at radius 2 is 2.06 bits per heavy atom. The summed E-state index contributed by atoms with van der Waals surface area (Å²) in [5.41, 5.74) is -0.0219. The number of fused-ring (bicyclic) bond motifs is 1. The highest BCUT2D eigenvalue weighted by Gasteiger charge is 2.32. The number of rotatable bonds is 1. The summed E-state index contributed by atoms with van der Waals surface area (Å²) in [7, 11) is 0. The third kappa shape index (κ3) is 2.29. The van der Waals surface area contributed by atoms with Crippen LogP contribution < -0.4 is 10.5 Å². The molecule has 1 N–H and O–H groups in total. The van der Waals surface area contributed by atoms with Crippen LogP contribution in [0.3, 0.4) is 0 Å². The highest BCUT2D eigenvalue weighted by atomic mass is 127. The number of halogens is 1. The standard InChI is InChI=1S/C13H18IN3O/c14-11-12(15-8-16-13(11)18)17-6-5-9-3-1-2-4-10(9)7-17/h8-10H,1-7H2,(H,15,16,18). The maximum absolute atomic E-state index is 11.6. The van der Waals surface area contributed by atoms with Crippen LogP contribution in [0.4, 0.5) is 5.82 Å². The van der Waals surface area contributed by atoms with E-state index in [1.165, 1.54) is 38.4 Å². The maximum atomic E-state index is 11.6. The molecule has 2 unspecified atom stereocenters. The molecular formula is C13H18IN3O. The number of hydrogen-bond acceptors (Lipinski definition) is 3. The fourth-order valence-corrected chi connectivity index (χ4v) is 4.02. The van der Waals surface area contributed by atoms with Crippen LogP contribution in [0.15, 0.2) is 11.1 Å². The van der Waals surface area contributed by atoms with Gasteiger partial charge in [-0.3, -0.25) is 4.79 Å². The molecule has 0 bridgehead atoms. The van der Waals surface area contributed by atoms with Crippen LogP contribution >= 0.6 is 22.6 Å². The molecule has 0 amide bonds. The molecule has 4 nitrogen and oxygen atoms in total. The first-order chi connectivity index (χ1) is 8.75. The van der Waals surface area contributed by atoms with Gasteiger partial charge >= 0.3 is 0 Å². The molecule has 3 rings (SSSR count). The second kappa shape index (κ2) is 5.19. The van der Waals surface area contributed by atoms with Gasteiger partial charge in [0.25, 0.3) is 5.56 Å². The van der Waals surface area contributed by atoms with Crippen molar-refractivity contribution in [2.24, 2.45) is 11.8 Å². The Morgan fingerprint density at radius 3 is 2.89 bits per heavy atom. The fraction of sp³-hybridized carbons (Fsp3) is 0.692. The Kier molecular flexibility index (Phi) is 3.59. The molecule has 2 atom stereocenters. The number of hydrogen-bond donors (Lipinski definition) is 1. The molecule has 2 aliphatic rings. The van der Waals surface area contributed by atoms with Crippen molar-refractivity contribution in [1.82, 2.24) is 9.97 Å². The van der Waals surface area contributed by atoms with Gasteiger partial charge in [-0.15, -0.1) is 0 Å². The summed E-state index contributed by atoms with van der Waals surface area (Å²) in [6, 6.07) is 0. The van der Waals surface area contributed by atoms with Gasteiger partial charge < -0.3 is 9.88 Å². The van der Waals surface area contributed by atoms with Crippen LogP contribution in [0.5, 0.6) is 0 Å². The minimum Gasteiger partial charge on any atom is -0.355 e. The highest BCUT2D eigenvalue weighted by Crippen LogP contribution is 2.37. The predicted octanol–water partition coefficient (Wildman–Crippen LogP) is 2.39. The van der Waals surface area contributed by atoms with E-state index in [4.69, 9.17) is 0 Å². The summed E-state index contributed by atoms with van der Waals surface area (Å²) in [5, 5.41) is 0. The van der Waals surface area contributed by atoms with E-state index >= 15 is 0 Å². The second-order valence-corrected chi connectivity index (χ2v) is 6.49. The van der Waals surface area contributed by atoms with Gasteiger partial charge in [-0.05, 0) is 47.3 Å². The Morgan fingerprint density at radius 1 is 1.28 bits per heavy atom. The van der Waals surface area contributed by atoms with Crippen LogP contribution in [0, 0.1) is 15.4 Å². The van der Waals surface area contributed by atoms with E-state index in [1.807, 2.05) is 0 Å². The zero-order chi connectivity index (χ0) is 12.5. The van der Waals surface area contributed by atoms with Crippen molar-refractivity contribution in [2.45, 2.75) is 32.1 Å². The summed E-state index contributed by atoms with van der Waals surface area (Å²) in [6.07, 6.45) is 8.30. The Labute approximate surface area is 120 Å². The van der Waals surface area contributed by atoms with Gasteiger partial charge in [0.05, 0.1) is 6.33 Å². The number of aromatic amines is 1. The highest BCUT2D eigenvalue weighted by molar-refractivity contribution is 14.1. The van der Waals surface area contributed by atoms with Gasteiger partial charge in [-0.1, -0.05) is 19.3 Å². The third-order valence-corrected chi connectivity index (χ3v) is 5.34. The largest absolute Gasteiger partial charge is 0.355 e. The van der Waals surface area contributed by atoms with Crippen molar-refractivity contribution < 1.29 is 0 Å². The molecule has 0 spiro atoms. The van der Waals surface area contributed by atoms with Gasteiger partial charge in [0, 0.05) is 13.1 Å². The van der Waals surface area contributed by atoms with Crippen molar-refractivity contribution >= 4 is 28.4 Å². The normalized spacial score (nSPS) is 27.9. The molecule has 1 aromatic heterocycles. The maximum Gasteiger partial charge on any atom is 0.266 e. The Balaban J connectivity index is 1.81. The fourth-order valence-electron chi connectivity index (χ4n) is 3.39. The molecule has 2 heterocycles. The van der Waals surface area contributed by atoms with Gasteiger partial charge in [0.2, 0.25) is 0 Å². The summed E-state index contributed by atoms with van der Waals surface area (Å²) >= 11 is 2.11. The molecule has 2 fully saturated rings. The van der Waals surface area contributed by atoms with Crippen LogP contribution in [-0.2, 0) is 0 Å². The van der Waals surface area contributed by atoms with E-state index in [1.54, 1.807) is 0 Å². The molecule has 0 radical (unpaired) electrons. The van der Waals surface area contributed by atoms with Crippen LogP contribution in [0.25, 0.3) is 0 Å². The average molecular weight is 359 g/mol. The predicted molar refractivity (Wildman–Crippen MR) is 79.9 cm³/mol. The zero-order valence-corrected chi connectivity index (χ0v) is 12.5. The zero-order valence-electron chi connectivity index (χ0n) is 10.4. The average Bonchev–Trinajstić information content (AvgIpc) is 2.41. The lowest BCUT2D eigenvalue weighted by atomic mass is 9.75. The van der Waals surface area contributed by atoms with E-state index < -0.39 is 0 Å². The van der Waals surface area contributed by atoms with Crippen molar-refractivity contribution in [1.29, 1.82) is 0 Å². The molecule has 0 aromatic carbocycles. The first-order valence-electron chi connectivity index (χ1n) is 6.74. The molecule has 5 heteroatoms. The van der Waals surface area contributed by atoms with E-state index in [0.717, 1.165) is 34.3 Å². The third-order valence-electron chi connectivity index (χ3n) is 4.37. The quantitative estimate of drug-likeness (QED) is 0.784. The number of anilines is 1. The van der Waals surface area contributed by atoms with E-state index in [2.05, 4.69) is 37.5 Å². The molecule has 1 aromatic rings. The molecule has 98 valence electrons. The van der Waals surface area contributed by atoms with E-state index in [0.29, 0.717) is 0 Å². The molecule has 1 aliphatic heterocycles. The first kappa shape index (κ1) is 12.4. The minimum absolute atomic E-state index is 0.0219. The summed E-state index contributed by atoms with van der Waals surface area (Å²) in [5.74, 6) is 2.60. The van der Waals surface area contributed by atoms with Crippen molar-refractivity contribution in [3.8, 4) is 0 Å². The van der Waals surface area contributed by atoms with Gasteiger partial charge in [-0.25, -0.2) is 4.98 Å². The topological polar surface area (TPSA) is 49.0 Å². The van der Waals surface area contributed by atoms with Gasteiger partial charge in [-0.2, -0.15) is 0 Å². The summed E-state index contributed by atoms with van der Waals surface area (Å²) in [4.78, 5) is 20.9. The van der Waals surface area contributed by atoms with Crippen LogP contribution in [-0.4, -0.2) is 23.1 Å². The number of aromatic nitrogens is 2. The lowest BCUT2D eigenvalue weighted by molar-refractivity contribution is 0.202. The lowest BCUT2D eigenvalue weighted by Gasteiger charge is -2.41. The van der Waals surface area contributed by atoms with Crippen LogP contribution in [0.2, 0.25) is 0 Å².